The minimum atomic E-state index is -0.424. The van der Waals surface area contributed by atoms with Crippen LogP contribution in [-0.2, 0) is 4.79 Å². The highest BCUT2D eigenvalue weighted by atomic mass is 16.5. The molecule has 0 aliphatic heterocycles. The standard InChI is InChI=1S/C23H20N4O3/c1-15-16(2)27(18-7-5-4-6-8-18)23(19(15)13-25)26-22(28)14-30-20-10-9-17(12-24)11-21(20)29-3/h4-11H,14H2,1-3H3,(H,26,28). The Balaban J connectivity index is 1.85. The number of nitriles is 2. The van der Waals surface area contributed by atoms with Crippen LogP contribution in [0.1, 0.15) is 22.4 Å². The zero-order valence-corrected chi connectivity index (χ0v) is 16.9. The molecular weight excluding hydrogens is 380 g/mol. The largest absolute Gasteiger partial charge is 0.493 e. The first-order chi connectivity index (χ1) is 14.5. The Labute approximate surface area is 174 Å². The van der Waals surface area contributed by atoms with E-state index in [4.69, 9.17) is 14.7 Å². The normalized spacial score (nSPS) is 10.0. The van der Waals surface area contributed by atoms with Gasteiger partial charge < -0.3 is 14.8 Å². The molecule has 3 rings (SSSR count). The summed E-state index contributed by atoms with van der Waals surface area (Å²) in [5.41, 5.74) is 3.33. The van der Waals surface area contributed by atoms with Crippen molar-refractivity contribution in [2.45, 2.75) is 13.8 Å². The summed E-state index contributed by atoms with van der Waals surface area (Å²) in [7, 11) is 1.46. The highest BCUT2D eigenvalue weighted by Gasteiger charge is 2.21. The average Bonchev–Trinajstić information content (AvgIpc) is 3.01. The minimum absolute atomic E-state index is 0.287. The summed E-state index contributed by atoms with van der Waals surface area (Å²) >= 11 is 0. The van der Waals surface area contributed by atoms with E-state index in [0.29, 0.717) is 28.4 Å². The van der Waals surface area contributed by atoms with Gasteiger partial charge in [-0.2, -0.15) is 10.5 Å². The van der Waals surface area contributed by atoms with Crippen LogP contribution in [0.2, 0.25) is 0 Å². The van der Waals surface area contributed by atoms with Crippen molar-refractivity contribution in [3.63, 3.8) is 0 Å². The van der Waals surface area contributed by atoms with Crippen LogP contribution < -0.4 is 14.8 Å². The maximum absolute atomic E-state index is 12.6. The molecule has 0 bridgehead atoms. The lowest BCUT2D eigenvalue weighted by Crippen LogP contribution is -2.22. The third-order valence-electron chi connectivity index (χ3n) is 4.75. The lowest BCUT2D eigenvalue weighted by Gasteiger charge is -2.14. The van der Waals surface area contributed by atoms with Crippen molar-refractivity contribution < 1.29 is 14.3 Å². The highest BCUT2D eigenvalue weighted by molar-refractivity contribution is 5.93. The van der Waals surface area contributed by atoms with Crippen molar-refractivity contribution in [2.75, 3.05) is 19.0 Å². The van der Waals surface area contributed by atoms with Gasteiger partial charge in [0, 0.05) is 17.4 Å². The molecule has 1 heterocycles. The molecule has 150 valence electrons. The molecule has 0 aliphatic carbocycles. The molecule has 0 radical (unpaired) electrons. The fourth-order valence-electron chi connectivity index (χ4n) is 3.13. The Morgan fingerprint density at radius 3 is 2.43 bits per heavy atom. The van der Waals surface area contributed by atoms with E-state index in [1.165, 1.54) is 13.2 Å². The number of carbonyl (C=O) groups excluding carboxylic acids is 1. The van der Waals surface area contributed by atoms with E-state index < -0.39 is 5.91 Å². The maximum Gasteiger partial charge on any atom is 0.263 e. The lowest BCUT2D eigenvalue weighted by molar-refractivity contribution is -0.118. The number of aromatic nitrogens is 1. The summed E-state index contributed by atoms with van der Waals surface area (Å²) in [5.74, 6) is 0.684. The molecule has 30 heavy (non-hydrogen) atoms. The van der Waals surface area contributed by atoms with Crippen LogP contribution in [-0.4, -0.2) is 24.2 Å². The van der Waals surface area contributed by atoms with Crippen LogP contribution >= 0.6 is 0 Å². The number of hydrogen-bond donors (Lipinski definition) is 1. The van der Waals surface area contributed by atoms with Crippen molar-refractivity contribution >= 4 is 11.7 Å². The number of carbonyl (C=O) groups is 1. The Hall–Kier alpha value is -4.23. The van der Waals surface area contributed by atoms with E-state index in [1.54, 1.807) is 12.1 Å². The van der Waals surface area contributed by atoms with Crippen LogP contribution in [0, 0.1) is 36.5 Å². The number of para-hydroxylation sites is 1. The molecule has 7 nitrogen and oxygen atoms in total. The predicted octanol–water partition coefficient (Wildman–Crippen LogP) is 3.86. The topological polar surface area (TPSA) is 100 Å². The van der Waals surface area contributed by atoms with E-state index in [9.17, 15) is 10.1 Å². The maximum atomic E-state index is 12.6. The van der Waals surface area contributed by atoms with Crippen LogP contribution in [0.3, 0.4) is 0 Å². The Kier molecular flexibility index (Phi) is 6.05. The molecule has 0 aliphatic rings. The molecule has 0 fully saturated rings. The fraction of sp³-hybridized carbons (Fsp3) is 0.174. The van der Waals surface area contributed by atoms with Crippen molar-refractivity contribution in [1.82, 2.24) is 4.57 Å². The third-order valence-corrected chi connectivity index (χ3v) is 4.75. The SMILES string of the molecule is COc1cc(C#N)ccc1OCC(=O)Nc1c(C#N)c(C)c(C)n1-c1ccccc1. The van der Waals surface area contributed by atoms with Gasteiger partial charge in [-0.15, -0.1) is 0 Å². The lowest BCUT2D eigenvalue weighted by atomic mass is 10.2. The molecule has 3 aromatic rings. The number of ether oxygens (including phenoxy) is 2. The summed E-state index contributed by atoms with van der Waals surface area (Å²) in [4.78, 5) is 12.6. The highest BCUT2D eigenvalue weighted by Crippen LogP contribution is 2.30. The Bertz CT molecular complexity index is 1170. The molecule has 0 atom stereocenters. The zero-order chi connectivity index (χ0) is 21.7. The van der Waals surface area contributed by atoms with Gasteiger partial charge in [0.1, 0.15) is 11.9 Å². The van der Waals surface area contributed by atoms with Gasteiger partial charge in [-0.25, -0.2) is 0 Å². The molecule has 0 spiro atoms. The van der Waals surface area contributed by atoms with E-state index in [2.05, 4.69) is 11.4 Å². The van der Waals surface area contributed by atoms with Crippen molar-refractivity contribution in [2.24, 2.45) is 0 Å². The summed E-state index contributed by atoms with van der Waals surface area (Å²) < 4.78 is 12.6. The monoisotopic (exact) mass is 400 g/mol. The predicted molar refractivity (Wildman–Crippen MR) is 112 cm³/mol. The molecule has 0 saturated heterocycles. The number of hydrogen-bond acceptors (Lipinski definition) is 5. The van der Waals surface area contributed by atoms with E-state index in [0.717, 1.165) is 16.9 Å². The van der Waals surface area contributed by atoms with E-state index in [-0.39, 0.29) is 6.61 Å². The van der Waals surface area contributed by atoms with Gasteiger partial charge in [-0.3, -0.25) is 9.36 Å². The number of anilines is 1. The van der Waals surface area contributed by atoms with Crippen LogP contribution in [0.25, 0.3) is 5.69 Å². The molecule has 1 amide bonds. The van der Waals surface area contributed by atoms with Gasteiger partial charge >= 0.3 is 0 Å². The van der Waals surface area contributed by atoms with Crippen LogP contribution in [0.4, 0.5) is 5.82 Å². The minimum Gasteiger partial charge on any atom is -0.493 e. The van der Waals surface area contributed by atoms with Crippen molar-refractivity contribution in [1.29, 1.82) is 10.5 Å². The first-order valence-electron chi connectivity index (χ1n) is 9.18. The van der Waals surface area contributed by atoms with Gasteiger partial charge in [0.05, 0.1) is 24.3 Å². The second kappa shape index (κ2) is 8.85. The number of rotatable bonds is 6. The number of benzene rings is 2. The van der Waals surface area contributed by atoms with Crippen molar-refractivity contribution in [3.8, 4) is 29.3 Å². The van der Waals surface area contributed by atoms with Gasteiger partial charge in [0.2, 0.25) is 0 Å². The Morgan fingerprint density at radius 1 is 1.07 bits per heavy atom. The Morgan fingerprint density at radius 2 is 1.80 bits per heavy atom. The summed E-state index contributed by atoms with van der Waals surface area (Å²) in [6, 6.07) is 18.4. The smallest absolute Gasteiger partial charge is 0.263 e. The molecule has 0 unspecified atom stereocenters. The van der Waals surface area contributed by atoms with Crippen LogP contribution in [0.5, 0.6) is 11.5 Å². The van der Waals surface area contributed by atoms with E-state index >= 15 is 0 Å². The second-order valence-corrected chi connectivity index (χ2v) is 6.53. The number of amides is 1. The molecule has 1 aromatic heterocycles. The second-order valence-electron chi connectivity index (χ2n) is 6.53. The number of nitrogens with zero attached hydrogens (tertiary/aromatic N) is 3. The summed E-state index contributed by atoms with van der Waals surface area (Å²) in [5, 5.41) is 21.4. The average molecular weight is 400 g/mol. The molecule has 1 N–H and O–H groups in total. The van der Waals surface area contributed by atoms with Gasteiger partial charge in [0.15, 0.2) is 18.1 Å². The van der Waals surface area contributed by atoms with E-state index in [1.807, 2.05) is 54.8 Å². The number of nitrogens with one attached hydrogen (secondary N) is 1. The number of methoxy groups -OCH3 is 1. The summed E-state index contributed by atoms with van der Waals surface area (Å²) in [6.45, 7) is 3.46. The fourth-order valence-corrected chi connectivity index (χ4v) is 3.13. The molecule has 0 saturated carbocycles. The van der Waals surface area contributed by atoms with Gasteiger partial charge in [-0.05, 0) is 43.7 Å². The molecular formula is C23H20N4O3. The molecule has 2 aromatic carbocycles. The first-order valence-corrected chi connectivity index (χ1v) is 9.18. The quantitative estimate of drug-likeness (QED) is 0.677. The van der Waals surface area contributed by atoms with Crippen molar-refractivity contribution in [3.05, 3.63) is 70.9 Å². The van der Waals surface area contributed by atoms with Gasteiger partial charge in [0.25, 0.3) is 5.91 Å². The first kappa shape index (κ1) is 20.5. The van der Waals surface area contributed by atoms with Gasteiger partial charge in [-0.1, -0.05) is 18.2 Å². The van der Waals surface area contributed by atoms with Crippen LogP contribution in [0.15, 0.2) is 48.5 Å². The molecule has 7 heteroatoms. The third kappa shape index (κ3) is 3.96. The zero-order valence-electron chi connectivity index (χ0n) is 16.9. The summed E-state index contributed by atoms with van der Waals surface area (Å²) in [6.07, 6.45) is 0.